The minimum absolute atomic E-state index is 0.113. The molecule has 0 fully saturated rings. The number of carbonyl (C=O) groups excluding carboxylic acids is 1. The van der Waals surface area contributed by atoms with E-state index in [0.717, 1.165) is 12.3 Å². The van der Waals surface area contributed by atoms with Crippen LogP contribution >= 0.6 is 11.6 Å². The smallest absolute Gasteiger partial charge is 0.434 e. The van der Waals surface area contributed by atoms with Gasteiger partial charge < -0.3 is 9.26 Å². The van der Waals surface area contributed by atoms with Gasteiger partial charge in [-0.05, 0) is 32.1 Å². The van der Waals surface area contributed by atoms with Gasteiger partial charge in [-0.3, -0.25) is 0 Å². The van der Waals surface area contributed by atoms with Gasteiger partial charge in [-0.2, -0.15) is 18.3 Å². The van der Waals surface area contributed by atoms with Crippen LogP contribution in [0.1, 0.15) is 43.7 Å². The molecule has 2 aromatic heterocycles. The number of carbonyl (C=O) groups is 1. The molecule has 36 heavy (non-hydrogen) atoms. The van der Waals surface area contributed by atoms with E-state index in [1.54, 1.807) is 0 Å². The molecule has 7 nitrogen and oxygen atoms in total. The zero-order valence-electron chi connectivity index (χ0n) is 19.9. The highest BCUT2D eigenvalue weighted by Crippen LogP contribution is 2.43. The molecular formula is C24H23ClF4N4O3. The summed E-state index contributed by atoms with van der Waals surface area (Å²) < 4.78 is 67.7. The Bertz CT molecular complexity index is 1270. The van der Waals surface area contributed by atoms with Crippen molar-refractivity contribution in [3.63, 3.8) is 0 Å². The van der Waals surface area contributed by atoms with E-state index in [1.165, 1.54) is 44.3 Å². The molecule has 12 heteroatoms. The number of allylic oxidation sites excluding steroid dienone is 2. The number of esters is 1. The van der Waals surface area contributed by atoms with Crippen LogP contribution in [0.15, 0.2) is 52.6 Å². The van der Waals surface area contributed by atoms with Crippen molar-refractivity contribution in [2.45, 2.75) is 33.9 Å². The van der Waals surface area contributed by atoms with Crippen molar-refractivity contribution in [2.75, 3.05) is 6.61 Å². The molecule has 1 aromatic carbocycles. The fourth-order valence-corrected chi connectivity index (χ4v) is 3.36. The maximum absolute atomic E-state index is 14.6. The van der Waals surface area contributed by atoms with Crippen molar-refractivity contribution >= 4 is 29.6 Å². The molecule has 0 radical (unpaired) electrons. The molecule has 0 bridgehead atoms. The van der Waals surface area contributed by atoms with Crippen LogP contribution in [0, 0.1) is 5.82 Å². The third-order valence-electron chi connectivity index (χ3n) is 4.44. The van der Waals surface area contributed by atoms with Gasteiger partial charge in [-0.1, -0.05) is 49.3 Å². The molecule has 2 heterocycles. The Morgan fingerprint density at radius 3 is 2.58 bits per heavy atom. The number of nitrogens with zero attached hydrogens (tertiary/aromatic N) is 4. The van der Waals surface area contributed by atoms with Crippen LogP contribution in [-0.2, 0) is 10.9 Å². The number of ether oxygens (including phenoxy) is 1. The highest BCUT2D eigenvalue weighted by molar-refractivity contribution is 6.33. The number of aliphatic imine (C=N–C) groups is 1. The number of hydrogen-bond donors (Lipinski definition) is 0. The second kappa shape index (κ2) is 12.3. The Labute approximate surface area is 209 Å². The van der Waals surface area contributed by atoms with Crippen molar-refractivity contribution < 1.29 is 31.6 Å². The summed E-state index contributed by atoms with van der Waals surface area (Å²) in [6, 6.07) is 3.71. The second-order valence-corrected chi connectivity index (χ2v) is 6.94. The van der Waals surface area contributed by atoms with Crippen molar-refractivity contribution in [3.05, 3.63) is 65.2 Å². The average molecular weight is 527 g/mol. The summed E-state index contributed by atoms with van der Waals surface area (Å²) in [5.41, 5.74) is -3.19. The molecule has 0 aliphatic rings. The van der Waals surface area contributed by atoms with E-state index in [2.05, 4.69) is 21.8 Å². The normalized spacial score (nSPS) is 11.9. The fraction of sp³-hybridized carbons (Fsp3) is 0.250. The van der Waals surface area contributed by atoms with Gasteiger partial charge >= 0.3 is 12.1 Å². The van der Waals surface area contributed by atoms with E-state index in [1.807, 2.05) is 13.8 Å². The molecule has 0 spiro atoms. The number of halogens is 5. The van der Waals surface area contributed by atoms with Crippen molar-refractivity contribution in [2.24, 2.45) is 4.99 Å². The quantitative estimate of drug-likeness (QED) is 0.183. The Morgan fingerprint density at radius 1 is 1.33 bits per heavy atom. The molecule has 0 unspecified atom stereocenters. The highest BCUT2D eigenvalue weighted by Gasteiger charge is 2.42. The summed E-state index contributed by atoms with van der Waals surface area (Å²) in [6.07, 6.45) is -0.359. The maximum Gasteiger partial charge on any atom is 0.434 e. The minimum atomic E-state index is -4.96. The number of aromatic nitrogens is 3. The first-order valence-corrected chi connectivity index (χ1v) is 11.1. The molecule has 3 rings (SSSR count). The Kier molecular flexibility index (Phi) is 9.74. The van der Waals surface area contributed by atoms with Gasteiger partial charge in [0.2, 0.25) is 0 Å². The SMILES string of the molecule is C=C/C=N\C(=C/C)n1ncc(-c2onc(-c3c(F)cccc3Cl)c2C(=O)OCC)c1C(F)(F)F.CC. The molecule has 0 saturated heterocycles. The van der Waals surface area contributed by atoms with Crippen molar-refractivity contribution in [3.8, 4) is 22.6 Å². The molecule has 0 saturated carbocycles. The summed E-state index contributed by atoms with van der Waals surface area (Å²) in [6.45, 7) is 10.3. The lowest BCUT2D eigenvalue weighted by molar-refractivity contribution is -0.142. The van der Waals surface area contributed by atoms with Crippen LogP contribution in [0.4, 0.5) is 17.6 Å². The predicted octanol–water partition coefficient (Wildman–Crippen LogP) is 7.29. The first-order chi connectivity index (χ1) is 17.1. The lowest BCUT2D eigenvalue weighted by atomic mass is 10.0. The van der Waals surface area contributed by atoms with Crippen LogP contribution in [0.5, 0.6) is 0 Å². The first-order valence-electron chi connectivity index (χ1n) is 10.7. The predicted molar refractivity (Wildman–Crippen MR) is 129 cm³/mol. The maximum atomic E-state index is 14.6. The van der Waals surface area contributed by atoms with Gasteiger partial charge in [-0.15, -0.1) is 0 Å². The molecule has 0 amide bonds. The van der Waals surface area contributed by atoms with Crippen LogP contribution in [0.25, 0.3) is 28.4 Å². The van der Waals surface area contributed by atoms with E-state index < -0.39 is 46.2 Å². The van der Waals surface area contributed by atoms with E-state index in [0.29, 0.717) is 4.68 Å². The Balaban J connectivity index is 0.00000222. The van der Waals surface area contributed by atoms with Crippen LogP contribution in [0.2, 0.25) is 5.02 Å². The van der Waals surface area contributed by atoms with E-state index in [9.17, 15) is 22.4 Å². The van der Waals surface area contributed by atoms with E-state index in [4.69, 9.17) is 20.9 Å². The zero-order valence-corrected chi connectivity index (χ0v) is 20.6. The number of rotatable bonds is 7. The van der Waals surface area contributed by atoms with Crippen LogP contribution in [0.3, 0.4) is 0 Å². The third-order valence-corrected chi connectivity index (χ3v) is 4.76. The first kappa shape index (κ1) is 28.5. The summed E-state index contributed by atoms with van der Waals surface area (Å²) in [4.78, 5) is 16.7. The Hall–Kier alpha value is -3.73. The standard InChI is InChI=1S/C22H17ClF4N4O3.C2H6/c1-4-10-28-15(5-2)31-20(22(25,26)27)12(11-29-31)19-17(21(32)33-6-3)18(30-34-19)16-13(23)8-7-9-14(16)24;1-2/h4-5,7-11H,1,6H2,2-3H3;1-2H3/b15-5+,28-10-;. The molecule has 3 aromatic rings. The summed E-state index contributed by atoms with van der Waals surface area (Å²) >= 11 is 6.09. The van der Waals surface area contributed by atoms with Crippen molar-refractivity contribution in [1.82, 2.24) is 14.9 Å². The minimum Gasteiger partial charge on any atom is -0.462 e. The van der Waals surface area contributed by atoms with Gasteiger partial charge in [0.25, 0.3) is 0 Å². The van der Waals surface area contributed by atoms with Gasteiger partial charge in [-0.25, -0.2) is 18.9 Å². The zero-order chi connectivity index (χ0) is 27.0. The summed E-state index contributed by atoms with van der Waals surface area (Å²) in [7, 11) is 0. The second-order valence-electron chi connectivity index (χ2n) is 6.53. The average Bonchev–Trinajstić information content (AvgIpc) is 3.46. The van der Waals surface area contributed by atoms with E-state index in [-0.39, 0.29) is 23.0 Å². The molecule has 0 aliphatic carbocycles. The summed E-state index contributed by atoms with van der Waals surface area (Å²) in [5.74, 6) is -2.73. The largest absolute Gasteiger partial charge is 0.462 e. The van der Waals surface area contributed by atoms with Crippen LogP contribution in [-0.4, -0.2) is 33.7 Å². The van der Waals surface area contributed by atoms with Gasteiger partial charge in [0.05, 0.1) is 29.0 Å². The van der Waals surface area contributed by atoms with E-state index >= 15 is 0 Å². The molecule has 192 valence electrons. The molecular weight excluding hydrogens is 504 g/mol. The molecule has 0 atom stereocenters. The number of alkyl halides is 3. The van der Waals surface area contributed by atoms with Crippen molar-refractivity contribution in [1.29, 1.82) is 0 Å². The number of hydrogen-bond acceptors (Lipinski definition) is 6. The van der Waals surface area contributed by atoms with Crippen LogP contribution < -0.4 is 0 Å². The highest BCUT2D eigenvalue weighted by atomic mass is 35.5. The summed E-state index contributed by atoms with van der Waals surface area (Å²) in [5, 5.41) is 7.33. The number of benzene rings is 1. The Morgan fingerprint density at radius 2 is 2.03 bits per heavy atom. The van der Waals surface area contributed by atoms with Gasteiger partial charge in [0, 0.05) is 6.21 Å². The fourth-order valence-electron chi connectivity index (χ4n) is 3.10. The lowest BCUT2D eigenvalue weighted by Crippen LogP contribution is -2.15. The van der Waals surface area contributed by atoms with Gasteiger partial charge in [0.15, 0.2) is 11.5 Å². The lowest BCUT2D eigenvalue weighted by Gasteiger charge is -2.12. The molecule has 0 aliphatic heterocycles. The third kappa shape index (κ3) is 5.73. The topological polar surface area (TPSA) is 82.5 Å². The van der Waals surface area contributed by atoms with Gasteiger partial charge in [0.1, 0.15) is 22.9 Å². The monoisotopic (exact) mass is 526 g/mol. The molecule has 0 N–H and O–H groups in total.